The smallest absolute Gasteiger partial charge is 0.124 e. The second-order valence-electron chi connectivity index (χ2n) is 4.62. The topological polar surface area (TPSA) is 15.3 Å². The van der Waals surface area contributed by atoms with Crippen molar-refractivity contribution < 1.29 is 4.39 Å². The SMILES string of the molecule is CCC1CNC(C)CN1c1ccc(F)cc1I. The Balaban J connectivity index is 2.28. The number of rotatable bonds is 2. The van der Waals surface area contributed by atoms with Crippen LogP contribution in [0.1, 0.15) is 20.3 Å². The Morgan fingerprint density at radius 3 is 2.94 bits per heavy atom. The fourth-order valence-electron chi connectivity index (χ4n) is 2.33. The van der Waals surface area contributed by atoms with Crippen LogP contribution in [0.5, 0.6) is 0 Å². The Hall–Kier alpha value is -0.360. The number of hydrogen-bond donors (Lipinski definition) is 1. The van der Waals surface area contributed by atoms with Crippen molar-refractivity contribution in [1.29, 1.82) is 0 Å². The molecule has 4 heteroatoms. The van der Waals surface area contributed by atoms with Gasteiger partial charge in [-0.1, -0.05) is 6.92 Å². The van der Waals surface area contributed by atoms with Crippen LogP contribution in [0.4, 0.5) is 10.1 Å². The van der Waals surface area contributed by atoms with Gasteiger partial charge in [0.05, 0.1) is 5.69 Å². The molecule has 0 saturated carbocycles. The first-order chi connectivity index (χ1) is 8.11. The highest BCUT2D eigenvalue weighted by atomic mass is 127. The molecule has 0 amide bonds. The Morgan fingerprint density at radius 1 is 1.53 bits per heavy atom. The van der Waals surface area contributed by atoms with Crippen LogP contribution in [0.25, 0.3) is 0 Å². The van der Waals surface area contributed by atoms with Gasteiger partial charge in [0.2, 0.25) is 0 Å². The summed E-state index contributed by atoms with van der Waals surface area (Å²) < 4.78 is 14.1. The second-order valence-corrected chi connectivity index (χ2v) is 5.78. The zero-order valence-electron chi connectivity index (χ0n) is 10.2. The molecular weight excluding hydrogens is 330 g/mol. The Morgan fingerprint density at radius 2 is 2.29 bits per heavy atom. The zero-order valence-corrected chi connectivity index (χ0v) is 12.4. The zero-order chi connectivity index (χ0) is 12.4. The predicted octanol–water partition coefficient (Wildman–Crippen LogP) is 3.01. The van der Waals surface area contributed by atoms with Crippen molar-refractivity contribution in [2.75, 3.05) is 18.0 Å². The molecule has 1 aliphatic heterocycles. The Bertz CT molecular complexity index is 397. The molecule has 0 spiro atoms. The highest BCUT2D eigenvalue weighted by Crippen LogP contribution is 2.27. The van der Waals surface area contributed by atoms with Crippen molar-refractivity contribution in [3.8, 4) is 0 Å². The second kappa shape index (κ2) is 5.52. The molecule has 1 aromatic carbocycles. The summed E-state index contributed by atoms with van der Waals surface area (Å²) in [5, 5.41) is 3.50. The van der Waals surface area contributed by atoms with E-state index in [4.69, 9.17) is 0 Å². The van der Waals surface area contributed by atoms with E-state index in [0.717, 1.165) is 28.8 Å². The molecule has 1 aromatic rings. The third-order valence-corrected chi connectivity index (χ3v) is 4.17. The van der Waals surface area contributed by atoms with Crippen molar-refractivity contribution in [2.24, 2.45) is 0 Å². The minimum atomic E-state index is -0.158. The summed E-state index contributed by atoms with van der Waals surface area (Å²) in [5.74, 6) is -0.158. The molecule has 1 saturated heterocycles. The largest absolute Gasteiger partial charge is 0.365 e. The molecular formula is C13H18FIN2. The van der Waals surface area contributed by atoms with Crippen molar-refractivity contribution >= 4 is 28.3 Å². The highest BCUT2D eigenvalue weighted by Gasteiger charge is 2.25. The van der Waals surface area contributed by atoms with Crippen molar-refractivity contribution in [3.63, 3.8) is 0 Å². The van der Waals surface area contributed by atoms with Gasteiger partial charge in [-0.15, -0.1) is 0 Å². The van der Waals surface area contributed by atoms with Crippen LogP contribution in [0.2, 0.25) is 0 Å². The van der Waals surface area contributed by atoms with Gasteiger partial charge in [0, 0.05) is 28.7 Å². The van der Waals surface area contributed by atoms with Crippen LogP contribution in [0.15, 0.2) is 18.2 Å². The first-order valence-corrected chi connectivity index (χ1v) is 7.14. The number of nitrogens with one attached hydrogen (secondary N) is 1. The van der Waals surface area contributed by atoms with Gasteiger partial charge in [0.25, 0.3) is 0 Å². The van der Waals surface area contributed by atoms with E-state index < -0.39 is 0 Å². The van der Waals surface area contributed by atoms with Gasteiger partial charge in [-0.2, -0.15) is 0 Å². The highest BCUT2D eigenvalue weighted by molar-refractivity contribution is 14.1. The summed E-state index contributed by atoms with van der Waals surface area (Å²) in [7, 11) is 0. The van der Waals surface area contributed by atoms with Gasteiger partial charge in [-0.3, -0.25) is 0 Å². The maximum atomic E-state index is 13.1. The minimum absolute atomic E-state index is 0.158. The summed E-state index contributed by atoms with van der Waals surface area (Å²) in [4.78, 5) is 2.41. The molecule has 1 aliphatic rings. The average molecular weight is 348 g/mol. The number of anilines is 1. The fourth-order valence-corrected chi connectivity index (χ4v) is 3.12. The lowest BCUT2D eigenvalue weighted by Crippen LogP contribution is -2.55. The fraction of sp³-hybridized carbons (Fsp3) is 0.538. The van der Waals surface area contributed by atoms with Crippen LogP contribution in [-0.2, 0) is 0 Å². The molecule has 0 aromatic heterocycles. The quantitative estimate of drug-likeness (QED) is 0.827. The van der Waals surface area contributed by atoms with E-state index in [2.05, 4.69) is 46.7 Å². The summed E-state index contributed by atoms with van der Waals surface area (Å²) in [6.07, 6.45) is 1.10. The Labute approximate surface area is 116 Å². The maximum absolute atomic E-state index is 13.1. The standard InChI is InChI=1S/C13H18FIN2/c1-3-11-7-16-9(2)8-17(11)13-5-4-10(14)6-12(13)15/h4-6,9,11,16H,3,7-8H2,1-2H3. The van der Waals surface area contributed by atoms with Gasteiger partial charge in [0.1, 0.15) is 5.82 Å². The molecule has 17 heavy (non-hydrogen) atoms. The van der Waals surface area contributed by atoms with Crippen LogP contribution in [0, 0.1) is 9.39 Å². The van der Waals surface area contributed by atoms with Crippen LogP contribution in [0.3, 0.4) is 0 Å². The lowest BCUT2D eigenvalue weighted by atomic mass is 10.1. The maximum Gasteiger partial charge on any atom is 0.124 e. The van der Waals surface area contributed by atoms with E-state index in [0.29, 0.717) is 12.1 Å². The van der Waals surface area contributed by atoms with E-state index >= 15 is 0 Å². The van der Waals surface area contributed by atoms with Gasteiger partial charge in [0.15, 0.2) is 0 Å². The van der Waals surface area contributed by atoms with Crippen LogP contribution >= 0.6 is 22.6 Å². The molecule has 0 bridgehead atoms. The first kappa shape index (κ1) is 13.1. The van der Waals surface area contributed by atoms with Gasteiger partial charge >= 0.3 is 0 Å². The van der Waals surface area contributed by atoms with Crippen LogP contribution in [-0.4, -0.2) is 25.2 Å². The lowest BCUT2D eigenvalue weighted by Gasteiger charge is -2.41. The number of halogens is 2. The number of nitrogens with zero attached hydrogens (tertiary/aromatic N) is 1. The summed E-state index contributed by atoms with van der Waals surface area (Å²) in [6, 6.07) is 6.05. The monoisotopic (exact) mass is 348 g/mol. The van der Waals surface area contributed by atoms with Crippen LogP contribution < -0.4 is 10.2 Å². The molecule has 0 radical (unpaired) electrons. The van der Waals surface area contributed by atoms with E-state index in [9.17, 15) is 4.39 Å². The molecule has 1 heterocycles. The molecule has 2 atom stereocenters. The molecule has 2 unspecified atom stereocenters. The predicted molar refractivity (Wildman–Crippen MR) is 78.0 cm³/mol. The van der Waals surface area contributed by atoms with E-state index in [1.54, 1.807) is 12.1 Å². The third-order valence-electron chi connectivity index (χ3n) is 3.30. The minimum Gasteiger partial charge on any atom is -0.365 e. The van der Waals surface area contributed by atoms with Crippen molar-refractivity contribution in [3.05, 3.63) is 27.6 Å². The Kier molecular flexibility index (Phi) is 4.25. The van der Waals surface area contributed by atoms with Gasteiger partial charge in [-0.05, 0) is 54.1 Å². The first-order valence-electron chi connectivity index (χ1n) is 6.07. The van der Waals surface area contributed by atoms with Crippen molar-refractivity contribution in [1.82, 2.24) is 5.32 Å². The molecule has 1 N–H and O–H groups in total. The number of piperazine rings is 1. The molecule has 2 nitrogen and oxygen atoms in total. The normalized spacial score (nSPS) is 25.1. The third kappa shape index (κ3) is 2.91. The van der Waals surface area contributed by atoms with Crippen molar-refractivity contribution in [2.45, 2.75) is 32.4 Å². The van der Waals surface area contributed by atoms with E-state index in [1.165, 1.54) is 0 Å². The summed E-state index contributed by atoms with van der Waals surface area (Å²) >= 11 is 2.22. The van der Waals surface area contributed by atoms with E-state index in [1.807, 2.05) is 6.07 Å². The average Bonchev–Trinajstić information content (AvgIpc) is 2.29. The number of benzene rings is 1. The lowest BCUT2D eigenvalue weighted by molar-refractivity contribution is 0.402. The van der Waals surface area contributed by atoms with Gasteiger partial charge < -0.3 is 10.2 Å². The van der Waals surface area contributed by atoms with Gasteiger partial charge in [-0.25, -0.2) is 4.39 Å². The summed E-state index contributed by atoms with van der Waals surface area (Å²) in [5.41, 5.74) is 1.16. The number of hydrogen-bond acceptors (Lipinski definition) is 2. The molecule has 1 fully saturated rings. The summed E-state index contributed by atoms with van der Waals surface area (Å²) in [6.45, 7) is 6.38. The molecule has 2 rings (SSSR count). The van der Waals surface area contributed by atoms with E-state index in [-0.39, 0.29) is 5.82 Å². The molecule has 94 valence electrons. The molecule has 0 aliphatic carbocycles.